The number of amides is 6. The van der Waals surface area contributed by atoms with Crippen LogP contribution in [-0.2, 0) is 4.79 Å². The number of carboxylic acid groups (broad SMARTS) is 5. The molecule has 0 aliphatic carbocycles. The molecule has 0 unspecified atom stereocenters. The highest BCUT2D eigenvalue weighted by Crippen LogP contribution is 2.43. The van der Waals surface area contributed by atoms with E-state index in [2.05, 4.69) is 36.6 Å². The largest absolute Gasteiger partial charge is 0.478 e. The van der Waals surface area contributed by atoms with Gasteiger partial charge in [0.1, 0.15) is 64.4 Å². The van der Waals surface area contributed by atoms with Crippen LogP contribution in [0.5, 0.6) is 5.75 Å². The van der Waals surface area contributed by atoms with Crippen LogP contribution in [-0.4, -0.2) is 96.9 Å². The van der Waals surface area contributed by atoms with E-state index in [0.717, 1.165) is 56.8 Å². The van der Waals surface area contributed by atoms with Crippen molar-refractivity contribution >= 4 is 211 Å². The summed E-state index contributed by atoms with van der Waals surface area (Å²) in [6.45, 7) is 5.87. The molecule has 0 fully saturated rings. The van der Waals surface area contributed by atoms with Crippen LogP contribution in [0.25, 0.3) is 55.6 Å². The maximum atomic E-state index is 13.7. The number of hydrogen-bond donors (Lipinski definition) is 11. The van der Waals surface area contributed by atoms with E-state index in [1.807, 2.05) is 50.2 Å². The molecule has 5 heterocycles. The van der Waals surface area contributed by atoms with Crippen LogP contribution in [0.2, 0.25) is 25.1 Å². The molecule has 15 rings (SSSR count). The monoisotopic (exact) mass is 1970 g/mol. The summed E-state index contributed by atoms with van der Waals surface area (Å²) in [6, 6.07) is 65.4. The molecule has 0 bridgehead atoms. The van der Waals surface area contributed by atoms with Crippen molar-refractivity contribution in [3.63, 3.8) is 0 Å². The zero-order valence-electron chi connectivity index (χ0n) is 68.7. The first-order chi connectivity index (χ1) is 62.9. The summed E-state index contributed by atoms with van der Waals surface area (Å²) in [5.41, 5.74) is 9.62. The van der Waals surface area contributed by atoms with Gasteiger partial charge in [-0.15, -0.1) is 56.7 Å². The maximum Gasteiger partial charge on any atom is 0.394 e. The van der Waals surface area contributed by atoms with Gasteiger partial charge >= 0.3 is 36.0 Å². The molecular weight excluding hydrogens is 1900 g/mol. The Labute approximate surface area is 794 Å². The predicted octanol–water partition coefficient (Wildman–Crippen LogP) is 26.8. The zero-order valence-corrected chi connectivity index (χ0v) is 76.5. The van der Waals surface area contributed by atoms with E-state index < -0.39 is 65.4 Å². The molecule has 670 valence electrons. The molecule has 11 N–H and O–H groups in total. The second-order valence-corrected chi connectivity index (χ2v) is 34.5. The topological polar surface area (TPSA) is 370 Å². The number of carboxylic acids is 5. The number of anilines is 6. The normalized spacial score (nSPS) is 10.6. The van der Waals surface area contributed by atoms with Crippen LogP contribution in [0.15, 0.2) is 270 Å². The van der Waals surface area contributed by atoms with E-state index in [-0.39, 0.29) is 76.5 Å². The summed E-state index contributed by atoms with van der Waals surface area (Å²) >= 11 is 35.3. The smallest absolute Gasteiger partial charge is 0.394 e. The highest BCUT2D eigenvalue weighted by molar-refractivity contribution is 7.17. The first-order valence-corrected chi connectivity index (χ1v) is 44.7. The number of thiophene rings is 5. The number of benzene rings is 10. The Bertz CT molecular complexity index is 6860. The second kappa shape index (κ2) is 45.0. The number of halogens is 8. The Kier molecular flexibility index (Phi) is 33.6. The first-order valence-electron chi connectivity index (χ1n) is 38.4. The number of nitrogens with one attached hydrogen (secondary N) is 6. The Morgan fingerprint density at radius 3 is 1.00 bits per heavy atom. The molecule has 0 radical (unpaired) electrons. The highest BCUT2D eigenvalue weighted by Gasteiger charge is 2.30. The summed E-state index contributed by atoms with van der Waals surface area (Å²) < 4.78 is 44.2. The minimum Gasteiger partial charge on any atom is -0.478 e. The van der Waals surface area contributed by atoms with Crippen molar-refractivity contribution in [1.29, 1.82) is 0 Å². The lowest BCUT2D eigenvalue weighted by Gasteiger charge is -2.13. The molecule has 132 heavy (non-hydrogen) atoms. The van der Waals surface area contributed by atoms with Gasteiger partial charge in [0.25, 0.3) is 29.5 Å². The maximum absolute atomic E-state index is 13.7. The summed E-state index contributed by atoms with van der Waals surface area (Å²) in [7, 11) is 0. The lowest BCUT2D eigenvalue weighted by molar-refractivity contribution is -0.159. The summed E-state index contributed by atoms with van der Waals surface area (Å²) in [5, 5.41) is 75.5. The molecule has 5 aromatic heterocycles. The van der Waals surface area contributed by atoms with Crippen molar-refractivity contribution in [2.24, 2.45) is 0 Å². The third kappa shape index (κ3) is 26.2. The fraction of sp³-hybridized carbons (Fsp3) is 0.0521. The SMILES string of the molecule is CC(=O)Nc1ccc(C(=O)Nc2scc(-c3ccc(Cl)cc3)c2C(=O)O)cc1.CC(F)(F)Oc1cccc(C(=O)Nc2scc(-c3ccc(Cl)cc3)c2C(=O)O)c1.Cc1ccc(-c2csc(NC(=O)c3ccccc3Cl)c2C(=O)O)cc1.Cc1ccc(C(=O)Nc2scc(-c3cccc(Cl)c3)c2C(=O)O)cc1.O=C(Nc1scc(-c2cccc(Cl)c2)c1C(=O)O)c1ccccc1F. The van der Waals surface area contributed by atoms with Crippen LogP contribution in [0.3, 0.4) is 0 Å². The van der Waals surface area contributed by atoms with E-state index in [1.165, 1.54) is 72.1 Å². The van der Waals surface area contributed by atoms with E-state index in [1.54, 1.807) is 185 Å². The minimum absolute atomic E-state index is 0.0236. The number of carbonyl (C=O) groups is 11. The van der Waals surface area contributed by atoms with Crippen molar-refractivity contribution in [1.82, 2.24) is 0 Å². The number of ether oxygens (including phenoxy) is 1. The molecule has 10 aromatic carbocycles. The van der Waals surface area contributed by atoms with Crippen LogP contribution in [0, 0.1) is 19.7 Å². The average molecular weight is 1970 g/mol. The predicted molar refractivity (Wildman–Crippen MR) is 516 cm³/mol. The molecular formula is C96H68Cl5F3N6O17S5. The number of aryl methyl sites for hydroxylation is 2. The summed E-state index contributed by atoms with van der Waals surface area (Å²) in [4.78, 5) is 132. The standard InChI is InChI=1S/C20H14ClF2NO4S.C20H15ClN2O4S.2C19H14ClNO3S.C18H11ClFNO3S/c1-20(22,23)28-14-4-2-3-12(9-14)17(25)24-18-16(19(26)27)15(10-29-18)11-5-7-13(21)8-6-11;1-11(24)22-15-8-4-13(5-9-15)18(25)23-19-17(20(26)27)16(10-28-19)12-2-6-14(21)7-3-12;1-11-5-7-12(8-6-11)17(22)21-18-16(19(23)24)15(10-25-18)13-3-2-4-14(20)9-13;1-11-6-8-12(9-7-11)14-10-25-18(16(14)19(23)24)21-17(22)13-4-2-3-5-15(13)20;19-11-5-3-4-10(8-11)13-9-25-17(15(13)18(23)24)21-16(22)12-6-1-2-7-14(12)20/h2-10H,1H3,(H,24,25)(H,26,27);2-10H,1H3,(H,22,24)(H,23,25)(H,26,27);2*2-10H,1H3,(H,21,22)(H,23,24);1-9H,(H,21,22)(H,23,24). The van der Waals surface area contributed by atoms with E-state index >= 15 is 0 Å². The molecule has 15 aromatic rings. The van der Waals surface area contributed by atoms with Gasteiger partial charge in [-0.05, 0) is 169 Å². The van der Waals surface area contributed by atoms with Gasteiger partial charge in [0, 0.05) is 111 Å². The van der Waals surface area contributed by atoms with Crippen LogP contribution in [0.4, 0.5) is 43.9 Å². The molecule has 0 atom stereocenters. The Hall–Kier alpha value is -14.1. The number of rotatable bonds is 23. The highest BCUT2D eigenvalue weighted by atomic mass is 35.5. The van der Waals surface area contributed by atoms with Crippen molar-refractivity contribution in [3.8, 4) is 61.4 Å². The molecule has 36 heteroatoms. The molecule has 0 aliphatic rings. The van der Waals surface area contributed by atoms with Gasteiger partial charge < -0.3 is 62.2 Å². The molecule has 23 nitrogen and oxygen atoms in total. The molecule has 0 spiro atoms. The second-order valence-electron chi connectivity index (χ2n) is 28.0. The Morgan fingerprint density at radius 2 is 0.644 bits per heavy atom. The van der Waals surface area contributed by atoms with Crippen molar-refractivity contribution in [2.45, 2.75) is 33.8 Å². The number of aromatic carboxylic acids is 5. The molecule has 0 saturated heterocycles. The summed E-state index contributed by atoms with van der Waals surface area (Å²) in [5.74, 6) is -9.40. The third-order valence-corrected chi connectivity index (χ3v) is 24.3. The van der Waals surface area contributed by atoms with Crippen LogP contribution < -0.4 is 36.6 Å². The first kappa shape index (κ1) is 98.5. The number of hydrogen-bond acceptors (Lipinski definition) is 17. The average Bonchev–Trinajstić information content (AvgIpc) is 1.67. The van der Waals surface area contributed by atoms with E-state index in [4.69, 9.17) is 58.0 Å². The van der Waals surface area contributed by atoms with Crippen LogP contribution >= 0.6 is 115 Å². The van der Waals surface area contributed by atoms with Crippen molar-refractivity contribution < 1.29 is 96.2 Å². The minimum atomic E-state index is -3.40. The van der Waals surface area contributed by atoms with E-state index in [9.17, 15) is 91.4 Å². The zero-order chi connectivity index (χ0) is 95.4. The fourth-order valence-electron chi connectivity index (χ4n) is 12.4. The Morgan fingerprint density at radius 1 is 0.326 bits per heavy atom. The van der Waals surface area contributed by atoms with Gasteiger partial charge in [0.2, 0.25) is 5.91 Å². The van der Waals surface area contributed by atoms with Crippen molar-refractivity contribution in [2.75, 3.05) is 31.9 Å². The lowest BCUT2D eigenvalue weighted by atomic mass is 10.0. The molecule has 0 saturated carbocycles. The third-order valence-electron chi connectivity index (χ3n) is 18.5. The quantitative estimate of drug-likeness (QED) is 0.0283. The lowest BCUT2D eigenvalue weighted by Crippen LogP contribution is -2.19. The molecule has 6 amide bonds. The summed E-state index contributed by atoms with van der Waals surface area (Å²) in [6.07, 6.45) is -3.40. The van der Waals surface area contributed by atoms with Crippen molar-refractivity contribution in [3.05, 3.63) is 367 Å². The van der Waals surface area contributed by atoms with Gasteiger partial charge in [0.15, 0.2) is 0 Å². The van der Waals surface area contributed by atoms with Gasteiger partial charge in [-0.3, -0.25) is 28.8 Å². The fourth-order valence-corrected chi connectivity index (χ4v) is 18.0. The number of carbonyl (C=O) groups excluding carboxylic acids is 6. The van der Waals surface area contributed by atoms with Gasteiger partial charge in [-0.25, -0.2) is 28.4 Å². The van der Waals surface area contributed by atoms with Gasteiger partial charge in [0.05, 0.1) is 16.1 Å². The van der Waals surface area contributed by atoms with Crippen LogP contribution in [0.1, 0.15) is 129 Å². The van der Waals surface area contributed by atoms with Gasteiger partial charge in [-0.1, -0.05) is 184 Å². The molecule has 0 aliphatic heterocycles. The number of alkyl halides is 2. The van der Waals surface area contributed by atoms with E-state index in [0.29, 0.717) is 109 Å². The van der Waals surface area contributed by atoms with Gasteiger partial charge in [-0.2, -0.15) is 8.78 Å². The Balaban J connectivity index is 0.000000159.